The van der Waals surface area contributed by atoms with Crippen LogP contribution in [0.4, 0.5) is 0 Å². The van der Waals surface area contributed by atoms with E-state index in [2.05, 4.69) is 5.32 Å². The van der Waals surface area contributed by atoms with E-state index in [4.69, 9.17) is 0 Å². The molecule has 1 aliphatic carbocycles. The fourth-order valence-electron chi connectivity index (χ4n) is 3.61. The summed E-state index contributed by atoms with van der Waals surface area (Å²) in [6.07, 6.45) is 5.03. The van der Waals surface area contributed by atoms with Crippen molar-refractivity contribution in [2.24, 2.45) is 5.92 Å². The summed E-state index contributed by atoms with van der Waals surface area (Å²) in [5.41, 5.74) is 0.688. The number of hydrogen-bond donors (Lipinski definition) is 1. The Hall–Kier alpha value is -2.17. The van der Waals surface area contributed by atoms with Crippen LogP contribution in [0, 0.1) is 5.92 Å². The molecule has 2 aliphatic rings. The highest BCUT2D eigenvalue weighted by Crippen LogP contribution is 2.27. The van der Waals surface area contributed by atoms with Gasteiger partial charge in [0.25, 0.3) is 0 Å². The van der Waals surface area contributed by atoms with Crippen molar-refractivity contribution < 1.29 is 14.4 Å². The molecule has 1 N–H and O–H groups in total. The first-order chi connectivity index (χ1) is 12.1. The number of nitrogens with zero attached hydrogens (tertiary/aromatic N) is 1. The maximum atomic E-state index is 12.7. The van der Waals surface area contributed by atoms with Gasteiger partial charge in [-0.1, -0.05) is 36.8 Å². The summed E-state index contributed by atoms with van der Waals surface area (Å²) in [4.78, 5) is 39.0. The lowest BCUT2D eigenvalue weighted by Gasteiger charge is -2.30. The van der Waals surface area contributed by atoms with Crippen LogP contribution in [0.5, 0.6) is 0 Å². The van der Waals surface area contributed by atoms with Crippen LogP contribution in [-0.2, 0) is 9.59 Å². The van der Waals surface area contributed by atoms with E-state index >= 15 is 0 Å². The standard InChI is InChI=1S/C20H26N2O3/c1-14(21-19(24)16-9-5-10-16)20(25)22-12-6-11-17(22)13-18(23)15-7-3-2-4-8-15/h2-4,7-8,14,16-17H,5-6,9-13H2,1H3,(H,21,24)/t14-,17+/m1/s1. The van der Waals surface area contributed by atoms with Crippen LogP contribution >= 0.6 is 0 Å². The number of likely N-dealkylation sites (tertiary alicyclic amines) is 1. The summed E-state index contributed by atoms with van der Waals surface area (Å²) in [6, 6.07) is 8.61. The lowest BCUT2D eigenvalue weighted by atomic mass is 9.84. The third kappa shape index (κ3) is 4.09. The van der Waals surface area contributed by atoms with E-state index in [0.29, 0.717) is 18.5 Å². The Morgan fingerprint density at radius 3 is 2.48 bits per heavy atom. The fraction of sp³-hybridized carbons (Fsp3) is 0.550. The Labute approximate surface area is 148 Å². The van der Waals surface area contributed by atoms with Gasteiger partial charge in [-0.2, -0.15) is 0 Å². The molecule has 1 aromatic carbocycles. The van der Waals surface area contributed by atoms with E-state index in [1.54, 1.807) is 11.8 Å². The van der Waals surface area contributed by atoms with E-state index in [0.717, 1.165) is 32.1 Å². The average Bonchev–Trinajstić information content (AvgIpc) is 3.01. The number of carbonyl (C=O) groups excluding carboxylic acids is 3. The van der Waals surface area contributed by atoms with Crippen molar-refractivity contribution in [1.82, 2.24) is 10.2 Å². The maximum absolute atomic E-state index is 12.7. The summed E-state index contributed by atoms with van der Waals surface area (Å²) in [5.74, 6) is 0.0555. The van der Waals surface area contributed by atoms with Crippen molar-refractivity contribution >= 4 is 17.6 Å². The predicted octanol–water partition coefficient (Wildman–Crippen LogP) is 2.56. The van der Waals surface area contributed by atoms with Crippen LogP contribution < -0.4 is 5.32 Å². The van der Waals surface area contributed by atoms with E-state index in [1.807, 2.05) is 30.3 Å². The number of benzene rings is 1. The van der Waals surface area contributed by atoms with Gasteiger partial charge in [-0.3, -0.25) is 14.4 Å². The first-order valence-corrected chi connectivity index (χ1v) is 9.25. The van der Waals surface area contributed by atoms with Crippen LogP contribution in [0.25, 0.3) is 0 Å². The van der Waals surface area contributed by atoms with Gasteiger partial charge < -0.3 is 10.2 Å². The van der Waals surface area contributed by atoms with Crippen molar-refractivity contribution in [1.29, 1.82) is 0 Å². The molecule has 5 heteroatoms. The highest BCUT2D eigenvalue weighted by Gasteiger charge is 2.34. The molecule has 3 rings (SSSR count). The van der Waals surface area contributed by atoms with Crippen LogP contribution in [0.15, 0.2) is 30.3 Å². The number of nitrogens with one attached hydrogen (secondary N) is 1. The number of amides is 2. The molecule has 0 aromatic heterocycles. The fourth-order valence-corrected chi connectivity index (χ4v) is 3.61. The molecule has 1 aromatic rings. The van der Waals surface area contributed by atoms with Gasteiger partial charge in [0.05, 0.1) is 0 Å². The number of hydrogen-bond acceptors (Lipinski definition) is 3. The topological polar surface area (TPSA) is 66.5 Å². The summed E-state index contributed by atoms with van der Waals surface area (Å²) in [6.45, 7) is 2.41. The maximum Gasteiger partial charge on any atom is 0.245 e. The van der Waals surface area contributed by atoms with Crippen LogP contribution in [0.3, 0.4) is 0 Å². The predicted molar refractivity (Wildman–Crippen MR) is 95.1 cm³/mol. The summed E-state index contributed by atoms with van der Waals surface area (Å²) < 4.78 is 0. The van der Waals surface area contributed by atoms with Crippen LogP contribution in [0.1, 0.15) is 55.8 Å². The molecule has 2 atom stereocenters. The van der Waals surface area contributed by atoms with Gasteiger partial charge in [0, 0.05) is 30.5 Å². The van der Waals surface area contributed by atoms with Crippen molar-refractivity contribution in [2.45, 2.75) is 57.5 Å². The molecule has 1 aliphatic heterocycles. The molecule has 2 amide bonds. The van der Waals surface area contributed by atoms with Crippen molar-refractivity contribution in [3.63, 3.8) is 0 Å². The highest BCUT2D eigenvalue weighted by atomic mass is 16.2. The van der Waals surface area contributed by atoms with Gasteiger partial charge in [-0.15, -0.1) is 0 Å². The van der Waals surface area contributed by atoms with Crippen molar-refractivity contribution in [3.8, 4) is 0 Å². The van der Waals surface area contributed by atoms with Crippen molar-refractivity contribution in [2.75, 3.05) is 6.54 Å². The molecule has 2 fully saturated rings. The minimum absolute atomic E-state index is 0.0109. The molecule has 1 saturated heterocycles. The Morgan fingerprint density at radius 2 is 1.84 bits per heavy atom. The summed E-state index contributed by atoms with van der Waals surface area (Å²) in [7, 11) is 0. The SMILES string of the molecule is C[C@@H](NC(=O)C1CCC1)C(=O)N1CCC[C@H]1CC(=O)c1ccccc1. The highest BCUT2D eigenvalue weighted by molar-refractivity contribution is 5.97. The zero-order valence-electron chi connectivity index (χ0n) is 14.7. The zero-order valence-corrected chi connectivity index (χ0v) is 14.7. The molecule has 134 valence electrons. The number of rotatable bonds is 6. The van der Waals surface area contributed by atoms with Gasteiger partial charge in [-0.25, -0.2) is 0 Å². The van der Waals surface area contributed by atoms with Crippen molar-refractivity contribution in [3.05, 3.63) is 35.9 Å². The monoisotopic (exact) mass is 342 g/mol. The molecule has 0 radical (unpaired) electrons. The Morgan fingerprint density at radius 1 is 1.12 bits per heavy atom. The first-order valence-electron chi connectivity index (χ1n) is 9.25. The molecular weight excluding hydrogens is 316 g/mol. The largest absolute Gasteiger partial charge is 0.344 e. The van der Waals surface area contributed by atoms with Gasteiger partial charge in [0.2, 0.25) is 11.8 Å². The number of Topliss-reactive ketones (excluding diaryl/α,β-unsaturated/α-hetero) is 1. The average molecular weight is 342 g/mol. The van der Waals surface area contributed by atoms with E-state index in [1.165, 1.54) is 0 Å². The van der Waals surface area contributed by atoms with Crippen LogP contribution in [-0.4, -0.2) is 41.1 Å². The number of carbonyl (C=O) groups is 3. The summed E-state index contributed by atoms with van der Waals surface area (Å²) >= 11 is 0. The van der Waals surface area contributed by atoms with Gasteiger partial charge in [0.15, 0.2) is 5.78 Å². The minimum atomic E-state index is -0.527. The molecule has 5 nitrogen and oxygen atoms in total. The molecule has 1 heterocycles. The molecule has 0 unspecified atom stereocenters. The molecular formula is C20H26N2O3. The normalized spacial score (nSPS) is 21.5. The van der Waals surface area contributed by atoms with E-state index < -0.39 is 6.04 Å². The third-order valence-electron chi connectivity index (χ3n) is 5.38. The molecule has 25 heavy (non-hydrogen) atoms. The molecule has 0 spiro atoms. The zero-order chi connectivity index (χ0) is 17.8. The van der Waals surface area contributed by atoms with E-state index in [-0.39, 0.29) is 29.6 Å². The Kier molecular flexibility index (Phi) is 5.51. The first kappa shape index (κ1) is 17.6. The quantitative estimate of drug-likeness (QED) is 0.808. The summed E-state index contributed by atoms with van der Waals surface area (Å²) in [5, 5.41) is 2.85. The lowest BCUT2D eigenvalue weighted by Crippen LogP contribution is -2.50. The minimum Gasteiger partial charge on any atom is -0.344 e. The van der Waals surface area contributed by atoms with Crippen LogP contribution in [0.2, 0.25) is 0 Å². The smallest absolute Gasteiger partial charge is 0.245 e. The number of ketones is 1. The molecule has 1 saturated carbocycles. The second kappa shape index (κ2) is 7.81. The van der Waals surface area contributed by atoms with Gasteiger partial charge >= 0.3 is 0 Å². The third-order valence-corrected chi connectivity index (χ3v) is 5.38. The second-order valence-electron chi connectivity index (χ2n) is 7.18. The Balaban J connectivity index is 1.57. The lowest BCUT2D eigenvalue weighted by molar-refractivity contribution is -0.138. The molecule has 0 bridgehead atoms. The van der Waals surface area contributed by atoms with E-state index in [9.17, 15) is 14.4 Å². The second-order valence-corrected chi connectivity index (χ2v) is 7.18. The van der Waals surface area contributed by atoms with Gasteiger partial charge in [0.1, 0.15) is 6.04 Å². The Bertz CT molecular complexity index is 640. The van der Waals surface area contributed by atoms with Gasteiger partial charge in [-0.05, 0) is 32.6 Å².